The minimum Gasteiger partial charge on any atom is -0.459 e. The Hall–Kier alpha value is -2.54. The Labute approximate surface area is 139 Å². The molecule has 0 radical (unpaired) electrons. The van der Waals surface area contributed by atoms with Crippen molar-refractivity contribution in [3.05, 3.63) is 47.6 Å². The van der Waals surface area contributed by atoms with Crippen molar-refractivity contribution in [1.82, 2.24) is 25.1 Å². The molecule has 4 heterocycles. The van der Waals surface area contributed by atoms with Crippen molar-refractivity contribution >= 4 is 0 Å². The van der Waals surface area contributed by atoms with Crippen molar-refractivity contribution in [1.29, 1.82) is 0 Å². The zero-order valence-corrected chi connectivity index (χ0v) is 13.8. The summed E-state index contributed by atoms with van der Waals surface area (Å²) >= 11 is 0. The molecule has 0 bridgehead atoms. The Bertz CT molecular complexity index is 825. The van der Waals surface area contributed by atoms with Crippen LogP contribution in [0.25, 0.3) is 11.7 Å². The van der Waals surface area contributed by atoms with E-state index in [4.69, 9.17) is 13.8 Å². The molecule has 0 saturated carbocycles. The summed E-state index contributed by atoms with van der Waals surface area (Å²) in [6.45, 7) is 6.52. The first kappa shape index (κ1) is 15.0. The fourth-order valence-corrected chi connectivity index (χ4v) is 2.79. The number of hydrogen-bond donors (Lipinski definition) is 0. The van der Waals surface area contributed by atoms with Crippen LogP contribution in [0.4, 0.5) is 0 Å². The van der Waals surface area contributed by atoms with Gasteiger partial charge in [-0.05, 0) is 24.1 Å². The second-order valence-corrected chi connectivity index (χ2v) is 6.29. The molecule has 7 heteroatoms. The lowest BCUT2D eigenvalue weighted by Gasteiger charge is -2.26. The summed E-state index contributed by atoms with van der Waals surface area (Å²) in [4.78, 5) is 11.4. The molecule has 0 spiro atoms. The highest BCUT2D eigenvalue weighted by atomic mass is 16.4. The van der Waals surface area contributed by atoms with Crippen molar-refractivity contribution in [2.75, 3.05) is 6.54 Å². The molecule has 0 fully saturated rings. The van der Waals surface area contributed by atoms with Gasteiger partial charge >= 0.3 is 0 Å². The highest BCUT2D eigenvalue weighted by molar-refractivity contribution is 5.42. The fourth-order valence-electron chi connectivity index (χ4n) is 2.79. The lowest BCUT2D eigenvalue weighted by molar-refractivity contribution is 0.217. The van der Waals surface area contributed by atoms with Gasteiger partial charge in [0.25, 0.3) is 5.89 Å². The number of aromatic nitrogens is 4. The predicted molar refractivity (Wildman–Crippen MR) is 85.9 cm³/mol. The van der Waals surface area contributed by atoms with Crippen LogP contribution in [0.15, 0.2) is 33.4 Å². The van der Waals surface area contributed by atoms with Gasteiger partial charge in [0.1, 0.15) is 5.82 Å². The summed E-state index contributed by atoms with van der Waals surface area (Å²) in [7, 11) is 0. The Morgan fingerprint density at radius 1 is 1.29 bits per heavy atom. The average Bonchev–Trinajstić information content (AvgIpc) is 3.25. The van der Waals surface area contributed by atoms with E-state index in [1.165, 1.54) is 5.56 Å². The van der Waals surface area contributed by atoms with E-state index in [1.54, 1.807) is 18.4 Å². The van der Waals surface area contributed by atoms with Gasteiger partial charge in [-0.2, -0.15) is 0 Å². The maximum Gasteiger partial charge on any atom is 0.283 e. The lowest BCUT2D eigenvalue weighted by Crippen LogP contribution is -2.31. The molecule has 0 atom stereocenters. The summed E-state index contributed by atoms with van der Waals surface area (Å²) in [6.07, 6.45) is 4.50. The van der Waals surface area contributed by atoms with Crippen LogP contribution in [0, 0.1) is 0 Å². The monoisotopic (exact) mass is 325 g/mol. The molecular formula is C17H19N5O2. The molecule has 0 amide bonds. The molecule has 7 nitrogen and oxygen atoms in total. The van der Waals surface area contributed by atoms with Crippen LogP contribution >= 0.6 is 0 Å². The Morgan fingerprint density at radius 3 is 3.00 bits per heavy atom. The smallest absolute Gasteiger partial charge is 0.283 e. The molecule has 0 aliphatic carbocycles. The topological polar surface area (TPSA) is 81.1 Å². The number of rotatable bonds is 4. The van der Waals surface area contributed by atoms with Crippen molar-refractivity contribution < 1.29 is 8.83 Å². The number of nitrogens with zero attached hydrogens (tertiary/aromatic N) is 5. The van der Waals surface area contributed by atoms with Crippen LogP contribution < -0.4 is 0 Å². The molecule has 1 aliphatic heterocycles. The minimum atomic E-state index is 0.331. The second-order valence-electron chi connectivity index (χ2n) is 6.29. The van der Waals surface area contributed by atoms with Gasteiger partial charge in [0.2, 0.25) is 5.89 Å². The third kappa shape index (κ3) is 2.94. The second kappa shape index (κ2) is 6.16. The standard InChI is InChI=1S/C17H19N5O2/c1-11(2)16-18-8-12-5-6-22(9-13(12)19-16)10-15-20-21-17(24-15)14-4-3-7-23-14/h3-4,7-8,11H,5-6,9-10H2,1-2H3. The van der Waals surface area contributed by atoms with Crippen LogP contribution in [0.2, 0.25) is 0 Å². The largest absolute Gasteiger partial charge is 0.459 e. The molecular weight excluding hydrogens is 306 g/mol. The molecule has 0 aromatic carbocycles. The number of hydrogen-bond acceptors (Lipinski definition) is 7. The Morgan fingerprint density at radius 2 is 2.21 bits per heavy atom. The molecule has 4 rings (SSSR count). The van der Waals surface area contributed by atoms with Gasteiger partial charge < -0.3 is 8.83 Å². The van der Waals surface area contributed by atoms with Crippen LogP contribution in [0.3, 0.4) is 0 Å². The van der Waals surface area contributed by atoms with Gasteiger partial charge in [0.05, 0.1) is 18.5 Å². The van der Waals surface area contributed by atoms with Crippen LogP contribution in [0.5, 0.6) is 0 Å². The molecule has 0 saturated heterocycles. The van der Waals surface area contributed by atoms with Crippen molar-refractivity contribution in [2.45, 2.75) is 39.3 Å². The minimum absolute atomic E-state index is 0.331. The van der Waals surface area contributed by atoms with Crippen LogP contribution in [-0.2, 0) is 19.5 Å². The zero-order chi connectivity index (χ0) is 16.5. The van der Waals surface area contributed by atoms with E-state index in [0.717, 1.165) is 31.0 Å². The van der Waals surface area contributed by atoms with E-state index in [9.17, 15) is 0 Å². The maximum atomic E-state index is 5.69. The third-order valence-corrected chi connectivity index (χ3v) is 4.12. The lowest BCUT2D eigenvalue weighted by atomic mass is 10.1. The Kier molecular flexibility index (Phi) is 3.86. The van der Waals surface area contributed by atoms with Gasteiger partial charge in [0, 0.05) is 25.2 Å². The first-order chi connectivity index (χ1) is 11.7. The molecule has 3 aromatic heterocycles. The predicted octanol–water partition coefficient (Wildman–Crippen LogP) is 2.80. The molecule has 0 unspecified atom stereocenters. The van der Waals surface area contributed by atoms with Crippen molar-refractivity contribution in [2.24, 2.45) is 0 Å². The summed E-state index contributed by atoms with van der Waals surface area (Å²) in [5, 5.41) is 8.16. The van der Waals surface area contributed by atoms with E-state index in [-0.39, 0.29) is 0 Å². The highest BCUT2D eigenvalue weighted by Gasteiger charge is 2.21. The molecule has 1 aliphatic rings. The molecule has 3 aromatic rings. The van der Waals surface area contributed by atoms with Gasteiger partial charge in [-0.25, -0.2) is 9.97 Å². The van der Waals surface area contributed by atoms with E-state index < -0.39 is 0 Å². The average molecular weight is 325 g/mol. The first-order valence-electron chi connectivity index (χ1n) is 8.12. The van der Waals surface area contributed by atoms with Crippen LogP contribution in [0.1, 0.15) is 42.7 Å². The van der Waals surface area contributed by atoms with Crippen LogP contribution in [-0.4, -0.2) is 31.6 Å². The van der Waals surface area contributed by atoms with Gasteiger partial charge in [-0.15, -0.1) is 10.2 Å². The molecule has 0 N–H and O–H groups in total. The Balaban J connectivity index is 1.48. The van der Waals surface area contributed by atoms with Crippen molar-refractivity contribution in [3.63, 3.8) is 0 Å². The summed E-state index contributed by atoms with van der Waals surface area (Å²) in [5.41, 5.74) is 2.34. The molecule has 24 heavy (non-hydrogen) atoms. The number of furan rings is 1. The third-order valence-electron chi connectivity index (χ3n) is 4.12. The first-order valence-corrected chi connectivity index (χ1v) is 8.12. The SMILES string of the molecule is CC(C)c1ncc2c(n1)CN(Cc1nnc(-c3ccco3)o1)CC2. The van der Waals surface area contributed by atoms with Gasteiger partial charge in [-0.1, -0.05) is 13.8 Å². The highest BCUT2D eigenvalue weighted by Crippen LogP contribution is 2.22. The van der Waals surface area contributed by atoms with Gasteiger partial charge in [-0.3, -0.25) is 4.90 Å². The summed E-state index contributed by atoms with van der Waals surface area (Å²) < 4.78 is 11.0. The van der Waals surface area contributed by atoms with Crippen molar-refractivity contribution in [3.8, 4) is 11.7 Å². The van der Waals surface area contributed by atoms with Gasteiger partial charge in [0.15, 0.2) is 5.76 Å². The summed E-state index contributed by atoms with van der Waals surface area (Å²) in [6, 6.07) is 3.60. The fraction of sp³-hybridized carbons (Fsp3) is 0.412. The number of fused-ring (bicyclic) bond motifs is 1. The van der Waals surface area contributed by atoms with E-state index >= 15 is 0 Å². The zero-order valence-electron chi connectivity index (χ0n) is 13.8. The summed E-state index contributed by atoms with van der Waals surface area (Å²) in [5.74, 6) is 2.82. The maximum absolute atomic E-state index is 5.69. The quantitative estimate of drug-likeness (QED) is 0.729. The van der Waals surface area contributed by atoms with E-state index in [1.807, 2.05) is 6.20 Å². The molecule has 124 valence electrons. The normalized spacial score (nSPS) is 15.0. The van der Waals surface area contributed by atoms with E-state index in [2.05, 4.69) is 33.9 Å². The van der Waals surface area contributed by atoms with E-state index in [0.29, 0.717) is 30.0 Å².